The van der Waals surface area contributed by atoms with Crippen LogP contribution in [0.2, 0.25) is 0 Å². The highest BCUT2D eigenvalue weighted by atomic mass is 16.5. The molecule has 2 aliphatic rings. The summed E-state index contributed by atoms with van der Waals surface area (Å²) >= 11 is 0. The lowest BCUT2D eigenvalue weighted by molar-refractivity contribution is -0.122. The number of dihydropyridines is 1. The molecule has 132 valence electrons. The van der Waals surface area contributed by atoms with Crippen molar-refractivity contribution < 1.29 is 14.1 Å². The summed E-state index contributed by atoms with van der Waals surface area (Å²) < 4.78 is 5.18. The summed E-state index contributed by atoms with van der Waals surface area (Å²) in [6, 6.07) is 5.99. The maximum atomic E-state index is 12.4. The van der Waals surface area contributed by atoms with E-state index in [1.54, 1.807) is 6.08 Å². The first-order valence-electron chi connectivity index (χ1n) is 8.66. The Bertz CT molecular complexity index is 913. The molecule has 0 radical (unpaired) electrons. The van der Waals surface area contributed by atoms with Gasteiger partial charge in [-0.2, -0.15) is 4.98 Å². The van der Waals surface area contributed by atoms with Crippen LogP contribution in [0.3, 0.4) is 0 Å². The molecular weight excluding hydrogens is 332 g/mol. The third kappa shape index (κ3) is 3.08. The summed E-state index contributed by atoms with van der Waals surface area (Å²) in [5, 5.41) is 7.06. The molecular formula is C19H18N4O3. The smallest absolute Gasteiger partial charge is 0.269 e. The van der Waals surface area contributed by atoms with Crippen LogP contribution in [0.15, 0.2) is 39.9 Å². The minimum absolute atomic E-state index is 0.0394. The van der Waals surface area contributed by atoms with E-state index in [-0.39, 0.29) is 17.9 Å². The van der Waals surface area contributed by atoms with Gasteiger partial charge in [-0.1, -0.05) is 30.3 Å². The van der Waals surface area contributed by atoms with Gasteiger partial charge in [0, 0.05) is 24.3 Å². The van der Waals surface area contributed by atoms with Gasteiger partial charge in [-0.3, -0.25) is 9.59 Å². The number of fused-ring (bicyclic) bond motifs is 1. The zero-order valence-corrected chi connectivity index (χ0v) is 14.3. The van der Waals surface area contributed by atoms with Gasteiger partial charge < -0.3 is 9.84 Å². The number of benzene rings is 1. The van der Waals surface area contributed by atoms with Crippen LogP contribution in [-0.4, -0.2) is 28.2 Å². The van der Waals surface area contributed by atoms with Crippen molar-refractivity contribution in [3.63, 3.8) is 0 Å². The van der Waals surface area contributed by atoms with Crippen LogP contribution >= 0.6 is 0 Å². The second-order valence-electron chi connectivity index (χ2n) is 6.38. The van der Waals surface area contributed by atoms with Gasteiger partial charge in [0.2, 0.25) is 17.6 Å². The van der Waals surface area contributed by atoms with Crippen molar-refractivity contribution in [3.8, 4) is 11.4 Å². The third-order valence-electron chi connectivity index (χ3n) is 4.68. The Morgan fingerprint density at radius 2 is 2.27 bits per heavy atom. The first-order chi connectivity index (χ1) is 12.6. The predicted molar refractivity (Wildman–Crippen MR) is 94.4 cm³/mol. The molecule has 1 aliphatic heterocycles. The largest absolute Gasteiger partial charge is 0.348 e. The van der Waals surface area contributed by atoms with E-state index in [0.29, 0.717) is 18.1 Å². The van der Waals surface area contributed by atoms with Crippen molar-refractivity contribution in [1.29, 1.82) is 0 Å². The molecule has 1 aromatic heterocycles. The van der Waals surface area contributed by atoms with Gasteiger partial charge in [-0.05, 0) is 30.0 Å². The maximum Gasteiger partial charge on any atom is 0.269 e. The Labute approximate surface area is 150 Å². The molecule has 0 saturated carbocycles. The number of carbonyl (C=O) groups is 2. The quantitative estimate of drug-likeness (QED) is 0.911. The number of hydrogen-bond donors (Lipinski definition) is 1. The highest BCUT2D eigenvalue weighted by molar-refractivity contribution is 6.05. The molecule has 1 N–H and O–H groups in total. The maximum absolute atomic E-state index is 12.4. The standard InChI is InChI=1S/C19H18N4O3/c1-2-17-22-18(23-26-17)12-3-6-14-11(9-12)4-7-15(14)21-19(25)13-5-8-16(24)20-10-13/h3,5-6,8-10,13,15H,2,4,7H2,1H3,(H,21,25)/t13?,15-/m1/s1. The highest BCUT2D eigenvalue weighted by Crippen LogP contribution is 2.34. The SMILES string of the molecule is CCc1nc(-c2ccc3c(c2)CC[C@H]3NC(=O)C2C=CC(=O)N=C2)no1. The molecule has 1 aliphatic carbocycles. The number of aryl methyl sites for hydroxylation is 2. The zero-order valence-electron chi connectivity index (χ0n) is 14.3. The number of rotatable bonds is 4. The lowest BCUT2D eigenvalue weighted by atomic mass is 10.0. The molecule has 2 heterocycles. The fourth-order valence-electron chi connectivity index (χ4n) is 3.28. The lowest BCUT2D eigenvalue weighted by Crippen LogP contribution is -2.34. The summed E-state index contributed by atoms with van der Waals surface area (Å²) in [6.07, 6.45) is 6.71. The summed E-state index contributed by atoms with van der Waals surface area (Å²) in [5.74, 6) is 0.227. The number of hydrogen-bond acceptors (Lipinski definition) is 5. The second kappa shape index (κ2) is 6.67. The molecule has 26 heavy (non-hydrogen) atoms. The van der Waals surface area contributed by atoms with Crippen molar-refractivity contribution >= 4 is 18.0 Å². The lowest BCUT2D eigenvalue weighted by Gasteiger charge is -2.17. The van der Waals surface area contributed by atoms with Gasteiger partial charge in [0.05, 0.1) is 12.0 Å². The Balaban J connectivity index is 1.49. The van der Waals surface area contributed by atoms with E-state index in [1.807, 2.05) is 19.1 Å². The van der Waals surface area contributed by atoms with Gasteiger partial charge in [0.1, 0.15) is 0 Å². The molecule has 2 amide bonds. The van der Waals surface area contributed by atoms with Crippen molar-refractivity contribution in [1.82, 2.24) is 15.5 Å². The zero-order chi connectivity index (χ0) is 18.1. The van der Waals surface area contributed by atoms with Crippen LogP contribution in [0.25, 0.3) is 11.4 Å². The van der Waals surface area contributed by atoms with E-state index >= 15 is 0 Å². The van der Waals surface area contributed by atoms with Gasteiger partial charge in [0.25, 0.3) is 5.91 Å². The van der Waals surface area contributed by atoms with Crippen LogP contribution in [0.1, 0.15) is 36.4 Å². The van der Waals surface area contributed by atoms with Gasteiger partial charge in [-0.15, -0.1) is 0 Å². The Morgan fingerprint density at radius 3 is 3.00 bits per heavy atom. The van der Waals surface area contributed by atoms with Crippen molar-refractivity contribution in [2.45, 2.75) is 32.2 Å². The fraction of sp³-hybridized carbons (Fsp3) is 0.316. The summed E-state index contributed by atoms with van der Waals surface area (Å²) in [6.45, 7) is 1.97. The number of nitrogens with zero attached hydrogens (tertiary/aromatic N) is 3. The number of aliphatic imine (C=N–C) groups is 1. The van der Waals surface area contributed by atoms with Gasteiger partial charge in [-0.25, -0.2) is 4.99 Å². The van der Waals surface area contributed by atoms with Crippen LogP contribution in [0.4, 0.5) is 0 Å². The van der Waals surface area contributed by atoms with Gasteiger partial charge in [0.15, 0.2) is 0 Å². The van der Waals surface area contributed by atoms with Crippen LogP contribution in [0.5, 0.6) is 0 Å². The van der Waals surface area contributed by atoms with Crippen molar-refractivity contribution in [2.75, 3.05) is 0 Å². The number of amides is 2. The van der Waals surface area contributed by atoms with Gasteiger partial charge >= 0.3 is 0 Å². The molecule has 0 bridgehead atoms. The van der Waals surface area contributed by atoms with E-state index in [1.165, 1.54) is 17.9 Å². The van der Waals surface area contributed by atoms with Crippen LogP contribution in [0, 0.1) is 5.92 Å². The van der Waals surface area contributed by atoms with E-state index in [2.05, 4.69) is 26.5 Å². The molecule has 7 heteroatoms. The van der Waals surface area contributed by atoms with E-state index in [4.69, 9.17) is 4.52 Å². The Hall–Kier alpha value is -3.09. The minimum Gasteiger partial charge on any atom is -0.348 e. The third-order valence-corrected chi connectivity index (χ3v) is 4.68. The number of carbonyl (C=O) groups excluding carboxylic acids is 2. The van der Waals surface area contributed by atoms with E-state index < -0.39 is 5.92 Å². The molecule has 7 nitrogen and oxygen atoms in total. The van der Waals surface area contributed by atoms with Crippen molar-refractivity contribution in [3.05, 3.63) is 47.4 Å². The van der Waals surface area contributed by atoms with Crippen molar-refractivity contribution in [2.24, 2.45) is 10.9 Å². The average molecular weight is 350 g/mol. The first kappa shape index (κ1) is 16.4. The Kier molecular flexibility index (Phi) is 4.20. The Morgan fingerprint density at radius 1 is 1.38 bits per heavy atom. The molecule has 0 saturated heterocycles. The number of aromatic nitrogens is 2. The summed E-state index contributed by atoms with van der Waals surface area (Å²) in [5.41, 5.74) is 3.20. The number of nitrogens with one attached hydrogen (secondary N) is 1. The minimum atomic E-state index is -0.497. The normalized spacial score (nSPS) is 21.0. The average Bonchev–Trinajstić information content (AvgIpc) is 3.29. The van der Waals surface area contributed by atoms with Crippen LogP contribution < -0.4 is 5.32 Å². The molecule has 1 unspecified atom stereocenters. The van der Waals surface area contributed by atoms with E-state index in [9.17, 15) is 9.59 Å². The predicted octanol–water partition coefficient (Wildman–Crippen LogP) is 2.19. The molecule has 0 fully saturated rings. The molecule has 2 aromatic rings. The first-order valence-corrected chi connectivity index (χ1v) is 8.66. The molecule has 2 atom stereocenters. The van der Waals surface area contributed by atoms with Crippen LogP contribution in [-0.2, 0) is 22.4 Å². The topological polar surface area (TPSA) is 97.5 Å². The second-order valence-corrected chi connectivity index (χ2v) is 6.38. The molecule has 0 spiro atoms. The monoisotopic (exact) mass is 350 g/mol. The van der Waals surface area contributed by atoms with E-state index in [0.717, 1.165) is 24.0 Å². The molecule has 4 rings (SSSR count). The fourth-order valence-corrected chi connectivity index (χ4v) is 3.28. The summed E-state index contributed by atoms with van der Waals surface area (Å²) in [7, 11) is 0. The highest BCUT2D eigenvalue weighted by Gasteiger charge is 2.27. The summed E-state index contributed by atoms with van der Waals surface area (Å²) in [4.78, 5) is 31.5. The molecule has 1 aromatic carbocycles.